The lowest BCUT2D eigenvalue weighted by Crippen LogP contribution is -2.27. The van der Waals surface area contributed by atoms with E-state index in [2.05, 4.69) is 10.2 Å². The fourth-order valence-electron chi connectivity index (χ4n) is 4.61. The molecule has 36 heavy (non-hydrogen) atoms. The molecule has 2 heterocycles. The monoisotopic (exact) mass is 515 g/mol. The van der Waals surface area contributed by atoms with Crippen molar-refractivity contribution in [2.24, 2.45) is 5.92 Å². The van der Waals surface area contributed by atoms with Crippen molar-refractivity contribution in [3.8, 4) is 11.4 Å². The lowest BCUT2D eigenvalue weighted by molar-refractivity contribution is 0.183. The first kappa shape index (κ1) is 24.3. The standard InChI is InChI=1S/C25H24ClF2N5O3/c1-4-31-23(13(3)34)30-32(25(31)36)20-11-15-16(10-19(20)28)24(35)33(22-17(26)6-5-7-18(22)27)29-21(15)12(2)14-8-9-14/h5-7,10-14,34H,4,8-9H2,1-3H3. The van der Waals surface area contributed by atoms with Gasteiger partial charge in [-0.1, -0.05) is 24.6 Å². The van der Waals surface area contributed by atoms with E-state index in [0.717, 1.165) is 28.3 Å². The van der Waals surface area contributed by atoms with Crippen molar-refractivity contribution in [3.05, 3.63) is 79.3 Å². The number of halogens is 3. The molecule has 1 fully saturated rings. The predicted molar refractivity (Wildman–Crippen MR) is 131 cm³/mol. The fraction of sp³-hybridized carbons (Fsp3) is 0.360. The summed E-state index contributed by atoms with van der Waals surface area (Å²) in [5, 5.41) is 19.0. The third-order valence-electron chi connectivity index (χ3n) is 6.71. The topological polar surface area (TPSA) is 94.9 Å². The van der Waals surface area contributed by atoms with Gasteiger partial charge in [-0.25, -0.2) is 13.6 Å². The smallest absolute Gasteiger partial charge is 0.350 e. The van der Waals surface area contributed by atoms with Gasteiger partial charge in [0.2, 0.25) is 0 Å². The number of benzene rings is 2. The quantitative estimate of drug-likeness (QED) is 0.414. The van der Waals surface area contributed by atoms with Crippen LogP contribution in [0.5, 0.6) is 0 Å². The molecule has 2 unspecified atom stereocenters. The molecule has 1 aliphatic rings. The normalized spacial score (nSPS) is 15.4. The van der Waals surface area contributed by atoms with Gasteiger partial charge in [-0.05, 0) is 56.9 Å². The lowest BCUT2D eigenvalue weighted by atomic mass is 9.96. The first-order valence-electron chi connectivity index (χ1n) is 11.7. The molecular weight excluding hydrogens is 492 g/mol. The summed E-state index contributed by atoms with van der Waals surface area (Å²) in [6, 6.07) is 6.43. The summed E-state index contributed by atoms with van der Waals surface area (Å²) in [4.78, 5) is 26.4. The molecule has 5 rings (SSSR count). The number of hydrogen-bond donors (Lipinski definition) is 1. The maximum absolute atomic E-state index is 15.5. The third-order valence-corrected chi connectivity index (χ3v) is 7.02. The zero-order chi connectivity index (χ0) is 25.9. The van der Waals surface area contributed by atoms with Crippen LogP contribution in [-0.2, 0) is 6.54 Å². The molecule has 0 amide bonds. The van der Waals surface area contributed by atoms with E-state index in [1.54, 1.807) is 6.92 Å². The number of fused-ring (bicyclic) bond motifs is 1. The number of aliphatic hydroxyl groups is 1. The predicted octanol–water partition coefficient (Wildman–Crippen LogP) is 4.25. The second kappa shape index (κ2) is 8.94. The highest BCUT2D eigenvalue weighted by molar-refractivity contribution is 6.32. The zero-order valence-corrected chi connectivity index (χ0v) is 20.6. The van der Waals surface area contributed by atoms with Gasteiger partial charge in [-0.2, -0.15) is 14.5 Å². The van der Waals surface area contributed by atoms with Crippen molar-refractivity contribution in [2.45, 2.75) is 52.2 Å². The molecule has 2 atom stereocenters. The van der Waals surface area contributed by atoms with Gasteiger partial charge in [0.15, 0.2) is 11.6 Å². The first-order chi connectivity index (χ1) is 17.1. The molecule has 1 saturated carbocycles. The summed E-state index contributed by atoms with van der Waals surface area (Å²) in [6.07, 6.45) is 0.888. The van der Waals surface area contributed by atoms with Gasteiger partial charge in [0.05, 0.1) is 16.1 Å². The third kappa shape index (κ3) is 3.84. The molecule has 4 aromatic rings. The van der Waals surface area contributed by atoms with E-state index in [1.165, 1.54) is 35.8 Å². The van der Waals surface area contributed by atoms with Crippen LogP contribution in [0.4, 0.5) is 8.78 Å². The fourth-order valence-corrected chi connectivity index (χ4v) is 4.85. The van der Waals surface area contributed by atoms with Gasteiger partial charge in [-0.15, -0.1) is 5.10 Å². The van der Waals surface area contributed by atoms with Crippen molar-refractivity contribution in [1.82, 2.24) is 24.1 Å². The highest BCUT2D eigenvalue weighted by atomic mass is 35.5. The average Bonchev–Trinajstić information content (AvgIpc) is 3.63. The Bertz CT molecular complexity index is 1600. The Morgan fingerprint density at radius 2 is 1.81 bits per heavy atom. The summed E-state index contributed by atoms with van der Waals surface area (Å²) in [5.74, 6) is -1.33. The van der Waals surface area contributed by atoms with Gasteiger partial charge < -0.3 is 5.11 Å². The molecule has 0 spiro atoms. The SMILES string of the molecule is CCn1c(C(C)O)nn(-c2cc3c(C(C)C4CC4)nn(-c4c(F)cccc4Cl)c(=O)c3cc2F)c1=O. The second-order valence-corrected chi connectivity index (χ2v) is 9.53. The number of aliphatic hydroxyl groups excluding tert-OH is 1. The number of hydrogen-bond acceptors (Lipinski definition) is 5. The highest BCUT2D eigenvalue weighted by Crippen LogP contribution is 2.43. The molecule has 0 saturated heterocycles. The van der Waals surface area contributed by atoms with Gasteiger partial charge in [-0.3, -0.25) is 9.36 Å². The van der Waals surface area contributed by atoms with Gasteiger partial charge >= 0.3 is 5.69 Å². The van der Waals surface area contributed by atoms with Gasteiger partial charge in [0.25, 0.3) is 5.56 Å². The highest BCUT2D eigenvalue weighted by Gasteiger charge is 2.33. The molecule has 8 nitrogen and oxygen atoms in total. The van der Waals surface area contributed by atoms with Crippen LogP contribution in [0.3, 0.4) is 0 Å². The van der Waals surface area contributed by atoms with E-state index < -0.39 is 29.0 Å². The van der Waals surface area contributed by atoms with Crippen molar-refractivity contribution >= 4 is 22.4 Å². The molecule has 1 aliphatic carbocycles. The van der Waals surface area contributed by atoms with E-state index in [1.807, 2.05) is 6.92 Å². The minimum atomic E-state index is -1.05. The van der Waals surface area contributed by atoms with Crippen LogP contribution in [-0.4, -0.2) is 29.2 Å². The number of rotatable bonds is 6. The van der Waals surface area contributed by atoms with E-state index in [-0.39, 0.29) is 40.1 Å². The molecule has 0 bridgehead atoms. The van der Waals surface area contributed by atoms with E-state index >= 15 is 4.39 Å². The van der Waals surface area contributed by atoms with Crippen molar-refractivity contribution in [3.63, 3.8) is 0 Å². The number of para-hydroxylation sites is 1. The van der Waals surface area contributed by atoms with Crippen LogP contribution >= 0.6 is 11.6 Å². The van der Waals surface area contributed by atoms with Crippen LogP contribution in [0.15, 0.2) is 39.9 Å². The minimum absolute atomic E-state index is 0.00613. The Balaban J connectivity index is 1.83. The second-order valence-electron chi connectivity index (χ2n) is 9.12. The molecule has 188 valence electrons. The van der Waals surface area contributed by atoms with Gasteiger partial charge in [0, 0.05) is 17.8 Å². The van der Waals surface area contributed by atoms with Crippen LogP contribution in [0.2, 0.25) is 5.02 Å². The summed E-state index contributed by atoms with van der Waals surface area (Å²) in [6.45, 7) is 5.36. The summed E-state index contributed by atoms with van der Waals surface area (Å²) in [7, 11) is 0. The largest absolute Gasteiger partial charge is 0.385 e. The van der Waals surface area contributed by atoms with Crippen molar-refractivity contribution < 1.29 is 13.9 Å². The van der Waals surface area contributed by atoms with E-state index in [9.17, 15) is 19.1 Å². The molecule has 2 aromatic carbocycles. The molecule has 0 radical (unpaired) electrons. The maximum atomic E-state index is 15.5. The lowest BCUT2D eigenvalue weighted by Gasteiger charge is -2.17. The van der Waals surface area contributed by atoms with E-state index in [4.69, 9.17) is 11.6 Å². The maximum Gasteiger partial charge on any atom is 0.350 e. The van der Waals surface area contributed by atoms with Gasteiger partial charge in [0.1, 0.15) is 23.3 Å². The summed E-state index contributed by atoms with van der Waals surface area (Å²) < 4.78 is 33.2. The molecule has 11 heteroatoms. The van der Waals surface area contributed by atoms with Crippen molar-refractivity contribution in [1.29, 1.82) is 0 Å². The zero-order valence-electron chi connectivity index (χ0n) is 19.9. The average molecular weight is 516 g/mol. The Morgan fingerprint density at radius 3 is 2.39 bits per heavy atom. The Kier molecular flexibility index (Phi) is 6.04. The molecule has 1 N–H and O–H groups in total. The summed E-state index contributed by atoms with van der Waals surface area (Å²) in [5.41, 5.74) is -1.28. The van der Waals surface area contributed by atoms with Crippen LogP contribution in [0, 0.1) is 17.6 Å². The Hall–Kier alpha value is -3.37. The van der Waals surface area contributed by atoms with Crippen LogP contribution in [0.1, 0.15) is 57.2 Å². The van der Waals surface area contributed by atoms with Crippen molar-refractivity contribution in [2.75, 3.05) is 0 Å². The van der Waals surface area contributed by atoms with E-state index in [0.29, 0.717) is 17.0 Å². The Morgan fingerprint density at radius 1 is 1.08 bits per heavy atom. The summed E-state index contributed by atoms with van der Waals surface area (Å²) >= 11 is 6.22. The minimum Gasteiger partial charge on any atom is -0.385 e. The first-order valence-corrected chi connectivity index (χ1v) is 12.1. The molecule has 0 aliphatic heterocycles. The number of nitrogens with zero attached hydrogens (tertiary/aromatic N) is 5. The number of aromatic nitrogens is 5. The van der Waals surface area contributed by atoms with Crippen LogP contribution in [0.25, 0.3) is 22.1 Å². The molecule has 2 aromatic heterocycles. The Labute approximate surface area is 209 Å². The molecular formula is C25H24ClF2N5O3. The van der Waals surface area contributed by atoms with Crippen LogP contribution < -0.4 is 11.2 Å².